The maximum Gasteiger partial charge on any atom is 0.348 e. The smallest absolute Gasteiger partial charge is 0.348 e. The first-order chi connectivity index (χ1) is 15.1. The monoisotopic (exact) mass is 520 g/mol. The molecule has 1 aromatic heterocycles. The molecule has 0 fully saturated rings. The summed E-state index contributed by atoms with van der Waals surface area (Å²) in [6, 6.07) is 9.05. The fourth-order valence-electron chi connectivity index (χ4n) is 2.78. The van der Waals surface area contributed by atoms with Crippen molar-refractivity contribution in [1.29, 1.82) is 0 Å². The van der Waals surface area contributed by atoms with E-state index in [0.717, 1.165) is 16.9 Å². The van der Waals surface area contributed by atoms with Gasteiger partial charge in [-0.15, -0.1) is 11.3 Å². The Bertz CT molecular complexity index is 960. The van der Waals surface area contributed by atoms with Crippen molar-refractivity contribution in [2.75, 3.05) is 18.5 Å². The van der Waals surface area contributed by atoms with Crippen molar-refractivity contribution in [2.24, 2.45) is 0 Å². The average molecular weight is 522 g/mol. The molecule has 11 heteroatoms. The molecular formula is C21H23Cl3N2O5S. The van der Waals surface area contributed by atoms with E-state index in [1.54, 1.807) is 32.9 Å². The lowest BCUT2D eigenvalue weighted by atomic mass is 10.1. The third kappa shape index (κ3) is 7.00. The van der Waals surface area contributed by atoms with Crippen molar-refractivity contribution in [3.05, 3.63) is 51.9 Å². The minimum atomic E-state index is -1.97. The number of anilines is 1. The maximum atomic E-state index is 12.6. The van der Waals surface area contributed by atoms with Crippen LogP contribution in [-0.4, -0.2) is 41.0 Å². The van der Waals surface area contributed by atoms with E-state index < -0.39 is 27.8 Å². The Hall–Kier alpha value is -2.00. The number of nitrogens with one attached hydrogen (secondary N) is 2. The fraction of sp³-hybridized carbons (Fsp3) is 0.381. The molecule has 0 unspecified atom stereocenters. The van der Waals surface area contributed by atoms with Crippen LogP contribution in [0.5, 0.6) is 0 Å². The molecule has 1 aromatic carbocycles. The third-order valence-corrected chi connectivity index (χ3v) is 6.06. The molecule has 174 valence electrons. The summed E-state index contributed by atoms with van der Waals surface area (Å²) in [6.07, 6.45) is -1.15. The number of hydrogen-bond acceptors (Lipinski definition) is 7. The van der Waals surface area contributed by atoms with Crippen LogP contribution in [0, 0.1) is 6.92 Å². The normalized spacial score (nSPS) is 12.1. The van der Waals surface area contributed by atoms with Gasteiger partial charge in [-0.3, -0.25) is 4.79 Å². The Kier molecular flexibility index (Phi) is 9.64. The van der Waals surface area contributed by atoms with Gasteiger partial charge >= 0.3 is 11.9 Å². The van der Waals surface area contributed by atoms with Crippen LogP contribution in [0.2, 0.25) is 0 Å². The number of alkyl halides is 3. The van der Waals surface area contributed by atoms with Gasteiger partial charge in [-0.25, -0.2) is 9.59 Å². The number of hydrogen-bond donors (Lipinski definition) is 2. The van der Waals surface area contributed by atoms with Crippen LogP contribution in [0.3, 0.4) is 0 Å². The Morgan fingerprint density at radius 3 is 2.19 bits per heavy atom. The lowest BCUT2D eigenvalue weighted by molar-refractivity contribution is -0.120. The van der Waals surface area contributed by atoms with Crippen LogP contribution in [0.15, 0.2) is 30.3 Å². The predicted octanol–water partition coefficient (Wildman–Crippen LogP) is 4.88. The number of halogens is 3. The number of benzene rings is 1. The molecule has 0 bridgehead atoms. The molecule has 0 aliphatic heterocycles. The van der Waals surface area contributed by atoms with Crippen LogP contribution in [0.4, 0.5) is 5.00 Å². The highest BCUT2D eigenvalue weighted by atomic mass is 35.6. The molecule has 1 amide bonds. The minimum absolute atomic E-state index is 0.0576. The molecule has 2 N–H and O–H groups in total. The second kappa shape index (κ2) is 11.7. The standard InChI is InChI=1S/C21H23Cl3N2O5S/c1-4-30-18(28)15-12(3)16(19(29)31-5-2)32-17(15)26-20(21(22,23)24)25-14(27)11-13-9-7-6-8-10-13/h6-10,20,26H,4-5,11H2,1-3H3,(H,25,27)/t20-/m0/s1. The molecule has 2 rings (SSSR count). The lowest BCUT2D eigenvalue weighted by Gasteiger charge is -2.27. The van der Waals surface area contributed by atoms with Crippen LogP contribution in [-0.2, 0) is 20.7 Å². The van der Waals surface area contributed by atoms with Crippen LogP contribution < -0.4 is 10.6 Å². The third-order valence-electron chi connectivity index (χ3n) is 4.20. The first-order valence-electron chi connectivity index (χ1n) is 9.72. The van der Waals surface area contributed by atoms with Crippen molar-refractivity contribution in [2.45, 2.75) is 37.2 Å². The van der Waals surface area contributed by atoms with Gasteiger partial charge in [0.05, 0.1) is 25.2 Å². The average Bonchev–Trinajstić information content (AvgIpc) is 3.04. The molecule has 0 saturated heterocycles. The van der Waals surface area contributed by atoms with Crippen molar-refractivity contribution >= 4 is 69.0 Å². The summed E-state index contributed by atoms with van der Waals surface area (Å²) in [7, 11) is 0. The van der Waals surface area contributed by atoms with Gasteiger partial charge in [0, 0.05) is 0 Å². The van der Waals surface area contributed by atoms with Gasteiger partial charge in [-0.1, -0.05) is 65.1 Å². The van der Waals surface area contributed by atoms with E-state index in [0.29, 0.717) is 5.56 Å². The fourth-order valence-corrected chi connectivity index (χ4v) is 4.22. The SMILES string of the molecule is CCOC(=O)c1sc(N[C@H](NC(=O)Cc2ccccc2)C(Cl)(Cl)Cl)c(C(=O)OCC)c1C. The van der Waals surface area contributed by atoms with Crippen molar-refractivity contribution in [3.63, 3.8) is 0 Å². The van der Waals surface area contributed by atoms with Crippen LogP contribution in [0.1, 0.15) is 45.0 Å². The molecule has 1 heterocycles. The van der Waals surface area contributed by atoms with E-state index in [4.69, 9.17) is 44.3 Å². The zero-order valence-corrected chi connectivity index (χ0v) is 20.8. The second-order valence-corrected chi connectivity index (χ2v) is 9.94. The highest BCUT2D eigenvalue weighted by molar-refractivity contribution is 7.18. The zero-order chi connectivity index (χ0) is 23.9. The molecule has 0 aliphatic rings. The predicted molar refractivity (Wildman–Crippen MR) is 127 cm³/mol. The summed E-state index contributed by atoms with van der Waals surface area (Å²) < 4.78 is 8.21. The van der Waals surface area contributed by atoms with Gasteiger partial charge in [0.1, 0.15) is 16.0 Å². The van der Waals surface area contributed by atoms with E-state index >= 15 is 0 Å². The number of carbonyl (C=O) groups is 3. The first-order valence-corrected chi connectivity index (χ1v) is 11.7. The van der Waals surface area contributed by atoms with Gasteiger partial charge in [-0.05, 0) is 31.9 Å². The Balaban J connectivity index is 2.35. The van der Waals surface area contributed by atoms with E-state index in [2.05, 4.69) is 10.6 Å². The molecule has 7 nitrogen and oxygen atoms in total. The number of carbonyl (C=O) groups excluding carboxylic acids is 3. The summed E-state index contributed by atoms with van der Waals surface area (Å²) in [5.74, 6) is -1.65. The molecule has 0 saturated carbocycles. The van der Waals surface area contributed by atoms with Gasteiger partial charge in [-0.2, -0.15) is 0 Å². The molecular weight excluding hydrogens is 499 g/mol. The highest BCUT2D eigenvalue weighted by Gasteiger charge is 2.36. The first kappa shape index (κ1) is 26.3. The van der Waals surface area contributed by atoms with E-state index in [-0.39, 0.29) is 35.1 Å². The molecule has 0 spiro atoms. The number of esters is 2. The van der Waals surface area contributed by atoms with Crippen molar-refractivity contribution in [3.8, 4) is 0 Å². The number of rotatable bonds is 9. The van der Waals surface area contributed by atoms with Crippen LogP contribution in [0.25, 0.3) is 0 Å². The summed E-state index contributed by atoms with van der Waals surface area (Å²) in [6.45, 7) is 5.22. The van der Waals surface area contributed by atoms with E-state index in [1.807, 2.05) is 18.2 Å². The summed E-state index contributed by atoms with van der Waals surface area (Å²) >= 11 is 19.2. The Morgan fingerprint density at radius 1 is 1.03 bits per heavy atom. The minimum Gasteiger partial charge on any atom is -0.462 e. The maximum absolute atomic E-state index is 12.6. The van der Waals surface area contributed by atoms with E-state index in [9.17, 15) is 14.4 Å². The van der Waals surface area contributed by atoms with Gasteiger partial charge in [0.15, 0.2) is 0 Å². The molecule has 32 heavy (non-hydrogen) atoms. The lowest BCUT2D eigenvalue weighted by Crippen LogP contribution is -2.49. The van der Waals surface area contributed by atoms with Crippen molar-refractivity contribution in [1.82, 2.24) is 5.32 Å². The van der Waals surface area contributed by atoms with Gasteiger partial charge in [0.2, 0.25) is 9.70 Å². The number of thiophene rings is 1. The molecule has 2 aromatic rings. The second-order valence-electron chi connectivity index (χ2n) is 6.55. The van der Waals surface area contributed by atoms with Crippen LogP contribution >= 0.6 is 46.1 Å². The summed E-state index contributed by atoms with van der Waals surface area (Å²) in [4.78, 5) is 37.7. The van der Waals surface area contributed by atoms with E-state index in [1.165, 1.54) is 0 Å². The quantitative estimate of drug-likeness (QED) is 0.278. The molecule has 1 atom stereocenters. The molecule has 0 radical (unpaired) electrons. The number of amides is 1. The summed E-state index contributed by atoms with van der Waals surface area (Å²) in [5, 5.41) is 5.72. The van der Waals surface area contributed by atoms with Gasteiger partial charge in [0.25, 0.3) is 0 Å². The molecule has 0 aliphatic carbocycles. The largest absolute Gasteiger partial charge is 0.462 e. The Morgan fingerprint density at radius 2 is 1.62 bits per heavy atom. The topological polar surface area (TPSA) is 93.7 Å². The Labute approximate surface area is 205 Å². The number of ether oxygens (including phenoxy) is 2. The zero-order valence-electron chi connectivity index (χ0n) is 17.7. The van der Waals surface area contributed by atoms with Crippen molar-refractivity contribution < 1.29 is 23.9 Å². The highest BCUT2D eigenvalue weighted by Crippen LogP contribution is 2.38. The summed E-state index contributed by atoms with van der Waals surface area (Å²) in [5.41, 5.74) is 1.25. The van der Waals surface area contributed by atoms with Gasteiger partial charge < -0.3 is 20.1 Å².